The Morgan fingerprint density at radius 3 is 2.34 bits per heavy atom. The van der Waals surface area contributed by atoms with E-state index in [1.807, 2.05) is 37.3 Å². The number of carbonyl (C=O) groups is 10. The summed E-state index contributed by atoms with van der Waals surface area (Å²) in [5.41, 5.74) is 0.629. The van der Waals surface area contributed by atoms with E-state index in [2.05, 4.69) is 38.0 Å². The van der Waals surface area contributed by atoms with E-state index in [9.17, 15) is 63.3 Å². The number of aliphatic carboxylic acids is 1. The van der Waals surface area contributed by atoms with Gasteiger partial charge in [0.15, 0.2) is 23.5 Å². The number of rotatable bonds is 20. The topological polar surface area (TPSA) is 333 Å². The van der Waals surface area contributed by atoms with Gasteiger partial charge in [0, 0.05) is 64.8 Å². The van der Waals surface area contributed by atoms with Crippen molar-refractivity contribution in [2.45, 2.75) is 108 Å². The fraction of sp³-hybridized carbons (Fsp3) is 0.436. The quantitative estimate of drug-likeness (QED) is 0.0794. The molecule has 6 amide bonds. The number of allylic oxidation sites excluding steroid dienone is 4. The smallest absolute Gasteiger partial charge is 0.413 e. The number of imide groups is 1. The molecule has 2 aliphatic heterocycles. The van der Waals surface area contributed by atoms with Gasteiger partial charge >= 0.3 is 18.0 Å². The number of ketones is 2. The number of fused-ring (bicyclic) bond motifs is 7. The molecule has 1 aromatic heterocycles. The van der Waals surface area contributed by atoms with E-state index in [0.29, 0.717) is 35.4 Å². The Hall–Kier alpha value is -7.77. The number of nitrogens with zero attached hydrogens (tertiary/aromatic N) is 2. The van der Waals surface area contributed by atoms with Gasteiger partial charge < -0.3 is 50.3 Å². The second-order valence-corrected chi connectivity index (χ2v) is 21.8. The standard InChI is InChI=1S/C55H58N6O17S/c1-53-20-19-34(63)22-32(53)9-12-35-36-23-40-55(39(65)26-62,54(36,2)24-38(64)49(35)53)77-51(76-40)31-7-3-29(4-8-31)21-44-59-41(28-79-44)60-52(74)75-27-30-5-10-33(11-6-30)57-50(73)37(13-17-47(70)71)58-43(67)25-56-42(66)14-18-48(72)78-61-45(68)15-16-46(61)69/h3-8,10-11,15-16,19-20,22,28,35-38,40,49,51,62,64H,9,12-14,17-18,21,23-27H2,1-2H3,(H,56,66)(H,57,73)(H,58,67)(H,60,74)(H,70,71)/t35-,36-,37-,38-,40+,49+,51+,53-,54-,55+/m0/s1. The van der Waals surface area contributed by atoms with Crippen LogP contribution in [0.25, 0.3) is 0 Å². The molecular weight excluding hydrogens is 1050 g/mol. The maximum atomic E-state index is 14.0. The number of carboxylic acid groups (broad SMARTS) is 1. The van der Waals surface area contributed by atoms with Gasteiger partial charge in [-0.15, -0.1) is 11.3 Å². The SMILES string of the molecule is C[C@]12C=CC(=O)C=C1CC[C@@H]1[C@@H]2[C@@H](O)C[C@@]2(C)[C@H]1C[C@H]1O[C@@H](c3ccc(Cc4nc(NC(=O)OCc5ccc(NC(=O)[C@H](CCC(=O)O)NC(=O)CNC(=O)CCC(=O)ON6C(=O)C=CC6=O)cc5)cs4)cc3)O[C@]12C(=O)CO. The Morgan fingerprint density at radius 2 is 1.63 bits per heavy atom. The van der Waals surface area contributed by atoms with E-state index in [1.54, 1.807) is 29.7 Å². The maximum Gasteiger partial charge on any atom is 0.413 e. The van der Waals surface area contributed by atoms with Gasteiger partial charge in [0.2, 0.25) is 17.7 Å². The molecule has 2 aromatic carbocycles. The predicted octanol–water partition coefficient (Wildman–Crippen LogP) is 3.65. The van der Waals surface area contributed by atoms with Crippen LogP contribution in [0.15, 0.2) is 89.9 Å². The third kappa shape index (κ3) is 11.6. The van der Waals surface area contributed by atoms with Gasteiger partial charge in [-0.2, -0.15) is 0 Å². The lowest BCUT2D eigenvalue weighted by Crippen LogP contribution is -2.63. The van der Waals surface area contributed by atoms with Crippen LogP contribution in [0.5, 0.6) is 0 Å². The average molecular weight is 1110 g/mol. The van der Waals surface area contributed by atoms with Crippen molar-refractivity contribution in [2.24, 2.45) is 28.6 Å². The van der Waals surface area contributed by atoms with Crippen molar-refractivity contribution in [1.29, 1.82) is 0 Å². The molecule has 0 bridgehead atoms. The van der Waals surface area contributed by atoms with Crippen molar-refractivity contribution in [1.82, 2.24) is 20.7 Å². The van der Waals surface area contributed by atoms with Crippen LogP contribution in [0.4, 0.5) is 16.3 Å². The van der Waals surface area contributed by atoms with Crippen molar-refractivity contribution in [3.05, 3.63) is 112 Å². The first-order valence-electron chi connectivity index (χ1n) is 25.7. The first-order valence-corrected chi connectivity index (χ1v) is 26.6. The number of anilines is 2. The molecule has 1 saturated heterocycles. The molecule has 3 aromatic rings. The minimum Gasteiger partial charge on any atom is -0.481 e. The lowest BCUT2D eigenvalue weighted by molar-refractivity contribution is -0.201. The Bertz CT molecular complexity index is 3050. The second kappa shape index (κ2) is 22.9. The number of thiazole rings is 1. The van der Waals surface area contributed by atoms with Gasteiger partial charge in [0.1, 0.15) is 25.1 Å². The highest BCUT2D eigenvalue weighted by Gasteiger charge is 2.76. The van der Waals surface area contributed by atoms with Gasteiger partial charge in [0.25, 0.3) is 11.8 Å². The summed E-state index contributed by atoms with van der Waals surface area (Å²) in [7, 11) is 0. The normalized spacial score (nSPS) is 27.6. The highest BCUT2D eigenvalue weighted by Crippen LogP contribution is 2.70. The number of Topliss-reactive ketones (excluding diaryl/α,β-unsaturated/α-hetero) is 1. The third-order valence-corrected chi connectivity index (χ3v) is 16.9. The first kappa shape index (κ1) is 56.0. The number of amides is 6. The van der Waals surface area contributed by atoms with Crippen LogP contribution < -0.4 is 21.3 Å². The van der Waals surface area contributed by atoms with Crippen molar-refractivity contribution in [3.8, 4) is 0 Å². The Kier molecular flexibility index (Phi) is 16.2. The third-order valence-electron chi connectivity index (χ3n) is 16.0. The largest absolute Gasteiger partial charge is 0.481 e. The number of carboxylic acids is 1. The number of nitrogens with one attached hydrogen (secondary N) is 4. The number of aromatic nitrogens is 1. The number of hydroxylamine groups is 2. The van der Waals surface area contributed by atoms with Gasteiger partial charge in [-0.25, -0.2) is 14.6 Å². The zero-order chi connectivity index (χ0) is 56.4. The predicted molar refractivity (Wildman–Crippen MR) is 275 cm³/mol. The minimum atomic E-state index is -1.48. The molecule has 3 heterocycles. The molecule has 6 aliphatic rings. The van der Waals surface area contributed by atoms with Crippen molar-refractivity contribution in [3.63, 3.8) is 0 Å². The molecule has 7 N–H and O–H groups in total. The molecule has 3 saturated carbocycles. The summed E-state index contributed by atoms with van der Waals surface area (Å²) in [4.78, 5) is 133. The van der Waals surface area contributed by atoms with Gasteiger partial charge in [0.05, 0.1) is 30.2 Å². The molecule has 24 heteroatoms. The fourth-order valence-corrected chi connectivity index (χ4v) is 13.1. The number of benzene rings is 2. The van der Waals surface area contributed by atoms with Crippen molar-refractivity contribution in [2.75, 3.05) is 23.8 Å². The number of ether oxygens (including phenoxy) is 3. The molecule has 4 aliphatic carbocycles. The summed E-state index contributed by atoms with van der Waals surface area (Å²) in [5.74, 6) is -6.75. The summed E-state index contributed by atoms with van der Waals surface area (Å²) in [5, 5.41) is 44.0. The van der Waals surface area contributed by atoms with E-state index in [1.165, 1.54) is 23.5 Å². The molecular formula is C55H58N6O17S. The van der Waals surface area contributed by atoms with Crippen molar-refractivity contribution < 1.29 is 82.3 Å². The monoisotopic (exact) mass is 1110 g/mol. The average Bonchev–Trinajstić information content (AvgIpc) is 1.98. The lowest BCUT2D eigenvalue weighted by Gasteiger charge is -2.59. The van der Waals surface area contributed by atoms with Gasteiger partial charge in [-0.1, -0.05) is 67.0 Å². The summed E-state index contributed by atoms with van der Waals surface area (Å²) < 4.78 is 18.7. The van der Waals surface area contributed by atoms with E-state index < -0.39 is 127 Å². The molecule has 79 heavy (non-hydrogen) atoms. The Morgan fingerprint density at radius 1 is 0.911 bits per heavy atom. The highest BCUT2D eigenvalue weighted by atomic mass is 32.1. The molecule has 23 nitrogen and oxygen atoms in total. The zero-order valence-electron chi connectivity index (χ0n) is 43.0. The molecule has 9 rings (SSSR count). The zero-order valence-corrected chi connectivity index (χ0v) is 43.8. The fourth-order valence-electron chi connectivity index (χ4n) is 12.3. The number of hydrogen-bond acceptors (Lipinski definition) is 18. The number of aliphatic hydroxyl groups excluding tert-OH is 2. The lowest BCUT2D eigenvalue weighted by atomic mass is 9.46. The molecule has 4 fully saturated rings. The summed E-state index contributed by atoms with van der Waals surface area (Å²) >= 11 is 1.33. The van der Waals surface area contributed by atoms with E-state index in [-0.39, 0.29) is 59.6 Å². The van der Waals surface area contributed by atoms with Crippen LogP contribution in [0.1, 0.15) is 93.2 Å². The maximum absolute atomic E-state index is 14.0. The van der Waals surface area contributed by atoms with Crippen LogP contribution in [0.2, 0.25) is 0 Å². The molecule has 0 spiro atoms. The van der Waals surface area contributed by atoms with Gasteiger partial charge in [-0.05, 0) is 79.4 Å². The summed E-state index contributed by atoms with van der Waals surface area (Å²) in [6, 6.07) is 12.3. The molecule has 416 valence electrons. The second-order valence-electron chi connectivity index (χ2n) is 20.9. The van der Waals surface area contributed by atoms with Crippen molar-refractivity contribution >= 4 is 82.0 Å². The van der Waals surface area contributed by atoms with E-state index in [0.717, 1.165) is 29.7 Å². The van der Waals surface area contributed by atoms with E-state index >= 15 is 0 Å². The molecule has 10 atom stereocenters. The first-order chi connectivity index (χ1) is 37.7. The van der Waals surface area contributed by atoms with Crippen LogP contribution in [-0.4, -0.2) is 122 Å². The number of aliphatic hydroxyl groups is 2. The van der Waals surface area contributed by atoms with Crippen LogP contribution in [0, 0.1) is 28.6 Å². The minimum absolute atomic E-state index is 0.0335. The number of carbonyl (C=O) groups excluding carboxylic acids is 9. The summed E-state index contributed by atoms with van der Waals surface area (Å²) in [6.45, 7) is 2.56. The van der Waals surface area contributed by atoms with Crippen LogP contribution in [0.3, 0.4) is 0 Å². The Labute approximate surface area is 455 Å². The van der Waals surface area contributed by atoms with E-state index in [4.69, 9.17) is 14.2 Å². The molecule has 0 radical (unpaired) electrons. The molecule has 0 unspecified atom stereocenters. The van der Waals surface area contributed by atoms with Crippen LogP contribution in [-0.2, 0) is 75.2 Å². The van der Waals surface area contributed by atoms with Gasteiger partial charge in [-0.3, -0.25) is 43.7 Å². The number of hydrogen-bond donors (Lipinski definition) is 7. The Balaban J connectivity index is 0.721. The highest BCUT2D eigenvalue weighted by molar-refractivity contribution is 7.10. The summed E-state index contributed by atoms with van der Waals surface area (Å²) in [6.07, 6.45) is 4.85. The van der Waals surface area contributed by atoms with Crippen LogP contribution >= 0.6 is 11.3 Å².